The van der Waals surface area contributed by atoms with Crippen LogP contribution in [0.2, 0.25) is 0 Å². The van der Waals surface area contributed by atoms with Gasteiger partial charge in [-0.2, -0.15) is 0 Å². The van der Waals surface area contributed by atoms with E-state index in [2.05, 4.69) is 0 Å². The molecular formula is C15H19N3OS. The third-order valence-electron chi connectivity index (χ3n) is 3.82. The molecule has 3 rings (SSSR count). The maximum Gasteiger partial charge on any atom is 0.266 e. The number of likely N-dealkylation sites (tertiary alicyclic amines) is 1. The second-order valence-electron chi connectivity index (χ2n) is 5.50. The molecule has 4 N–H and O–H groups in total. The van der Waals surface area contributed by atoms with E-state index in [-0.39, 0.29) is 11.9 Å². The highest BCUT2D eigenvalue weighted by Gasteiger charge is 2.25. The predicted octanol–water partition coefficient (Wildman–Crippen LogP) is 2.36. The summed E-state index contributed by atoms with van der Waals surface area (Å²) in [5, 5.41) is 0.986. The summed E-state index contributed by atoms with van der Waals surface area (Å²) in [5.41, 5.74) is 13.9. The summed E-state index contributed by atoms with van der Waals surface area (Å²) in [6, 6.07) is 6.21. The number of nitrogens with zero attached hydrogens (tertiary/aromatic N) is 1. The van der Waals surface area contributed by atoms with Gasteiger partial charge in [-0.3, -0.25) is 4.79 Å². The SMILES string of the molecule is Cc1ccc2sc(C(=O)N3CCCC(N)C3)c(N)c2c1. The number of fused-ring (bicyclic) bond motifs is 1. The Morgan fingerprint density at radius 2 is 2.25 bits per heavy atom. The number of carbonyl (C=O) groups is 1. The van der Waals surface area contributed by atoms with Crippen molar-refractivity contribution in [2.45, 2.75) is 25.8 Å². The van der Waals surface area contributed by atoms with Gasteiger partial charge >= 0.3 is 0 Å². The van der Waals surface area contributed by atoms with E-state index in [9.17, 15) is 4.79 Å². The van der Waals surface area contributed by atoms with Crippen LogP contribution in [0.15, 0.2) is 18.2 Å². The number of anilines is 1. The first-order chi connectivity index (χ1) is 9.56. The quantitative estimate of drug-likeness (QED) is 0.846. The van der Waals surface area contributed by atoms with Crippen molar-refractivity contribution in [1.29, 1.82) is 0 Å². The van der Waals surface area contributed by atoms with Crippen molar-refractivity contribution >= 4 is 33.0 Å². The Morgan fingerprint density at radius 1 is 1.45 bits per heavy atom. The Balaban J connectivity index is 1.97. The summed E-state index contributed by atoms with van der Waals surface area (Å²) in [4.78, 5) is 15.1. The smallest absolute Gasteiger partial charge is 0.266 e. The topological polar surface area (TPSA) is 72.3 Å². The lowest BCUT2D eigenvalue weighted by Gasteiger charge is -2.30. The van der Waals surface area contributed by atoms with E-state index >= 15 is 0 Å². The normalized spacial score (nSPS) is 19.5. The van der Waals surface area contributed by atoms with Gasteiger partial charge in [0, 0.05) is 29.2 Å². The second kappa shape index (κ2) is 5.07. The summed E-state index contributed by atoms with van der Waals surface area (Å²) in [7, 11) is 0. The fourth-order valence-corrected chi connectivity index (χ4v) is 3.80. The molecule has 1 atom stereocenters. The van der Waals surface area contributed by atoms with Gasteiger partial charge in [-0.05, 0) is 31.9 Å². The molecule has 1 saturated heterocycles. The fourth-order valence-electron chi connectivity index (χ4n) is 2.73. The lowest BCUT2D eigenvalue weighted by atomic mass is 10.1. The average molecular weight is 289 g/mol. The molecule has 5 heteroatoms. The van der Waals surface area contributed by atoms with Crippen LogP contribution in [0.1, 0.15) is 28.1 Å². The first-order valence-electron chi connectivity index (χ1n) is 6.89. The Hall–Kier alpha value is -1.59. The summed E-state index contributed by atoms with van der Waals surface area (Å²) < 4.78 is 1.07. The van der Waals surface area contributed by atoms with Gasteiger partial charge in [0.15, 0.2) is 0 Å². The summed E-state index contributed by atoms with van der Waals surface area (Å²) in [5.74, 6) is 0.0245. The van der Waals surface area contributed by atoms with E-state index in [0.29, 0.717) is 17.1 Å². The Kier molecular flexibility index (Phi) is 3.40. The van der Waals surface area contributed by atoms with Gasteiger partial charge in [-0.15, -0.1) is 11.3 Å². The molecule has 1 aromatic heterocycles. The van der Waals surface area contributed by atoms with Gasteiger partial charge in [0.2, 0.25) is 0 Å². The van der Waals surface area contributed by atoms with Gasteiger partial charge in [0.1, 0.15) is 4.88 Å². The van der Waals surface area contributed by atoms with Crippen LogP contribution < -0.4 is 11.5 Å². The number of rotatable bonds is 1. The number of hydrogen-bond donors (Lipinski definition) is 2. The van der Waals surface area contributed by atoms with E-state index in [1.165, 1.54) is 11.3 Å². The maximum absolute atomic E-state index is 12.6. The minimum absolute atomic E-state index is 0.0245. The third-order valence-corrected chi connectivity index (χ3v) is 5.00. The zero-order chi connectivity index (χ0) is 14.3. The van der Waals surface area contributed by atoms with E-state index in [1.54, 1.807) is 0 Å². The zero-order valence-electron chi connectivity index (χ0n) is 11.6. The third kappa shape index (κ3) is 2.27. The van der Waals surface area contributed by atoms with E-state index in [1.807, 2.05) is 30.0 Å². The molecule has 0 radical (unpaired) electrons. The summed E-state index contributed by atoms with van der Waals surface area (Å²) in [6.45, 7) is 3.44. The van der Waals surface area contributed by atoms with Crippen molar-refractivity contribution < 1.29 is 4.79 Å². The highest BCUT2D eigenvalue weighted by atomic mass is 32.1. The largest absolute Gasteiger partial charge is 0.397 e. The van der Waals surface area contributed by atoms with Crippen LogP contribution in [0.5, 0.6) is 0 Å². The molecule has 1 aliphatic rings. The van der Waals surface area contributed by atoms with Crippen LogP contribution in [0.3, 0.4) is 0 Å². The lowest BCUT2D eigenvalue weighted by Crippen LogP contribution is -2.45. The molecule has 0 saturated carbocycles. The number of thiophene rings is 1. The number of nitrogens with two attached hydrogens (primary N) is 2. The molecule has 0 aliphatic carbocycles. The van der Waals surface area contributed by atoms with Gasteiger partial charge in [-0.1, -0.05) is 11.6 Å². The summed E-state index contributed by atoms with van der Waals surface area (Å²) in [6.07, 6.45) is 1.96. The Bertz CT molecular complexity index is 664. The molecule has 4 nitrogen and oxygen atoms in total. The van der Waals surface area contributed by atoms with E-state index in [4.69, 9.17) is 11.5 Å². The van der Waals surface area contributed by atoms with Crippen LogP contribution in [-0.2, 0) is 0 Å². The highest BCUT2D eigenvalue weighted by Crippen LogP contribution is 2.35. The molecule has 1 fully saturated rings. The first kappa shape index (κ1) is 13.4. The van der Waals surface area contributed by atoms with Crippen LogP contribution in [0.4, 0.5) is 5.69 Å². The fraction of sp³-hybridized carbons (Fsp3) is 0.400. The number of hydrogen-bond acceptors (Lipinski definition) is 4. The van der Waals surface area contributed by atoms with Crippen molar-refractivity contribution in [3.8, 4) is 0 Å². The minimum atomic E-state index is 0.0245. The molecule has 1 aromatic carbocycles. The number of benzene rings is 1. The zero-order valence-corrected chi connectivity index (χ0v) is 12.4. The maximum atomic E-state index is 12.6. The Morgan fingerprint density at radius 3 is 3.00 bits per heavy atom. The van der Waals surface area contributed by atoms with Gasteiger partial charge in [0.05, 0.1) is 5.69 Å². The van der Waals surface area contributed by atoms with Crippen molar-refractivity contribution in [3.05, 3.63) is 28.6 Å². The Labute approximate surface area is 122 Å². The standard InChI is InChI=1S/C15H19N3OS/c1-9-4-5-12-11(7-9)13(17)14(20-12)15(19)18-6-2-3-10(16)8-18/h4-5,7,10H,2-3,6,8,16-17H2,1H3. The second-order valence-corrected chi connectivity index (χ2v) is 6.55. The van der Waals surface area contributed by atoms with Crippen LogP contribution >= 0.6 is 11.3 Å². The number of nitrogen functional groups attached to an aromatic ring is 1. The van der Waals surface area contributed by atoms with E-state index < -0.39 is 0 Å². The lowest BCUT2D eigenvalue weighted by molar-refractivity contribution is 0.0715. The predicted molar refractivity (Wildman–Crippen MR) is 84.1 cm³/mol. The van der Waals surface area contributed by atoms with Crippen LogP contribution in [-0.4, -0.2) is 29.9 Å². The van der Waals surface area contributed by atoms with Gasteiger partial charge in [-0.25, -0.2) is 0 Å². The molecule has 106 valence electrons. The molecule has 1 unspecified atom stereocenters. The average Bonchev–Trinajstić information content (AvgIpc) is 2.75. The van der Waals surface area contributed by atoms with Gasteiger partial charge in [0.25, 0.3) is 5.91 Å². The first-order valence-corrected chi connectivity index (χ1v) is 7.71. The molecule has 0 bridgehead atoms. The van der Waals surface area contributed by atoms with Crippen molar-refractivity contribution in [3.63, 3.8) is 0 Å². The van der Waals surface area contributed by atoms with E-state index in [0.717, 1.165) is 35.0 Å². The number of carbonyl (C=O) groups excluding carboxylic acids is 1. The van der Waals surface area contributed by atoms with Crippen molar-refractivity contribution in [1.82, 2.24) is 4.90 Å². The monoisotopic (exact) mass is 289 g/mol. The molecule has 2 heterocycles. The molecule has 2 aromatic rings. The molecule has 20 heavy (non-hydrogen) atoms. The van der Waals surface area contributed by atoms with Crippen LogP contribution in [0, 0.1) is 6.92 Å². The van der Waals surface area contributed by atoms with Crippen LogP contribution in [0.25, 0.3) is 10.1 Å². The van der Waals surface area contributed by atoms with Crippen molar-refractivity contribution in [2.24, 2.45) is 5.73 Å². The van der Waals surface area contributed by atoms with Gasteiger partial charge < -0.3 is 16.4 Å². The van der Waals surface area contributed by atoms with Crippen molar-refractivity contribution in [2.75, 3.05) is 18.8 Å². The molecule has 1 amide bonds. The highest BCUT2D eigenvalue weighted by molar-refractivity contribution is 7.21. The minimum Gasteiger partial charge on any atom is -0.397 e. The molecule has 1 aliphatic heterocycles. The number of piperidine rings is 1. The summed E-state index contributed by atoms with van der Waals surface area (Å²) >= 11 is 1.48. The molecular weight excluding hydrogens is 270 g/mol. The molecule has 0 spiro atoms. The number of aryl methyl sites for hydroxylation is 1. The number of amides is 1.